The van der Waals surface area contributed by atoms with Crippen molar-refractivity contribution in [3.8, 4) is 0 Å². The molecule has 0 bridgehead atoms. The van der Waals surface area contributed by atoms with Gasteiger partial charge in [-0.3, -0.25) is 4.57 Å². The fraction of sp³-hybridized carbons (Fsp3) is 0.556. The van der Waals surface area contributed by atoms with Gasteiger partial charge in [-0.2, -0.15) is 0 Å². The van der Waals surface area contributed by atoms with E-state index in [4.69, 9.17) is 26.4 Å². The molecular formula is C9H15ClNO3PS. The molecular weight excluding hydrogens is 269 g/mol. The third-order valence-corrected chi connectivity index (χ3v) is 5.53. The lowest BCUT2D eigenvalue weighted by Gasteiger charge is -2.22. The van der Waals surface area contributed by atoms with Gasteiger partial charge in [0, 0.05) is 4.88 Å². The smallest absolute Gasteiger partial charge is 0.313 e. The standard InChI is InChI=1S/C9H15ClNO3PS/c1-3-13-15(12,14-4-2)9(11)7-5-6-8(10)16-7/h5-6,9H,3-4,11H2,1-2H3/t9-/m1/s1. The molecule has 0 fully saturated rings. The lowest BCUT2D eigenvalue weighted by atomic mass is 10.5. The number of thiophene rings is 1. The Hall–Kier alpha value is 0.1000. The first-order valence-corrected chi connectivity index (χ1v) is 7.73. The molecule has 2 N–H and O–H groups in total. The van der Waals surface area contributed by atoms with E-state index in [9.17, 15) is 4.57 Å². The predicted octanol–water partition coefficient (Wildman–Crippen LogP) is 3.62. The lowest BCUT2D eigenvalue weighted by Crippen LogP contribution is -2.13. The molecule has 1 atom stereocenters. The van der Waals surface area contributed by atoms with Crippen LogP contribution >= 0.6 is 30.5 Å². The maximum absolute atomic E-state index is 12.3. The summed E-state index contributed by atoms with van der Waals surface area (Å²) in [6.45, 7) is 4.09. The van der Waals surface area contributed by atoms with Gasteiger partial charge in [0.25, 0.3) is 0 Å². The summed E-state index contributed by atoms with van der Waals surface area (Å²) < 4.78 is 23.3. The van der Waals surface area contributed by atoms with Gasteiger partial charge >= 0.3 is 7.60 Å². The van der Waals surface area contributed by atoms with Gasteiger partial charge in [-0.1, -0.05) is 11.6 Å². The zero-order valence-electron chi connectivity index (χ0n) is 9.18. The third kappa shape index (κ3) is 3.29. The largest absolute Gasteiger partial charge is 0.352 e. The predicted molar refractivity (Wildman–Crippen MR) is 67.1 cm³/mol. The molecule has 1 aromatic rings. The van der Waals surface area contributed by atoms with Crippen LogP contribution in [0.15, 0.2) is 12.1 Å². The summed E-state index contributed by atoms with van der Waals surface area (Å²) >= 11 is 7.08. The van der Waals surface area contributed by atoms with Crippen LogP contribution in [0.2, 0.25) is 4.34 Å². The zero-order valence-corrected chi connectivity index (χ0v) is 11.6. The van der Waals surface area contributed by atoms with E-state index in [0.29, 0.717) is 22.4 Å². The van der Waals surface area contributed by atoms with Crippen molar-refractivity contribution in [1.29, 1.82) is 0 Å². The van der Waals surface area contributed by atoms with Crippen LogP contribution in [-0.2, 0) is 13.6 Å². The third-order valence-electron chi connectivity index (χ3n) is 1.84. The molecule has 0 amide bonds. The molecule has 0 unspecified atom stereocenters. The Morgan fingerprint density at radius 1 is 1.44 bits per heavy atom. The lowest BCUT2D eigenvalue weighted by molar-refractivity contribution is 0.212. The summed E-state index contributed by atoms with van der Waals surface area (Å²) in [6, 6.07) is 3.45. The molecule has 0 aliphatic rings. The fourth-order valence-corrected chi connectivity index (χ4v) is 4.21. The highest BCUT2D eigenvalue weighted by atomic mass is 35.5. The summed E-state index contributed by atoms with van der Waals surface area (Å²) in [5.41, 5.74) is 5.90. The van der Waals surface area contributed by atoms with E-state index in [1.54, 1.807) is 26.0 Å². The number of halogens is 1. The van der Waals surface area contributed by atoms with Gasteiger partial charge in [0.15, 0.2) is 0 Å². The molecule has 0 aliphatic heterocycles. The first kappa shape index (κ1) is 14.2. The Balaban J connectivity index is 2.90. The van der Waals surface area contributed by atoms with Crippen molar-refractivity contribution < 1.29 is 13.6 Å². The van der Waals surface area contributed by atoms with Gasteiger partial charge in [0.1, 0.15) is 5.78 Å². The molecule has 0 radical (unpaired) electrons. The van der Waals surface area contributed by atoms with E-state index in [-0.39, 0.29) is 0 Å². The summed E-state index contributed by atoms with van der Waals surface area (Å²) in [5, 5.41) is 0. The summed E-state index contributed by atoms with van der Waals surface area (Å²) in [4.78, 5) is 0.704. The molecule has 0 saturated heterocycles. The Bertz CT molecular complexity index is 375. The summed E-state index contributed by atoms with van der Waals surface area (Å²) in [6.07, 6.45) is 0. The maximum atomic E-state index is 12.3. The Kier molecular flexibility index (Phi) is 5.44. The average molecular weight is 284 g/mol. The summed E-state index contributed by atoms with van der Waals surface area (Å²) in [5.74, 6) is -0.773. The molecule has 16 heavy (non-hydrogen) atoms. The fourth-order valence-electron chi connectivity index (χ4n) is 1.20. The van der Waals surface area contributed by atoms with Gasteiger partial charge in [0.2, 0.25) is 0 Å². The molecule has 0 spiro atoms. The average Bonchev–Trinajstić information content (AvgIpc) is 2.64. The van der Waals surface area contributed by atoms with Crippen molar-refractivity contribution in [3.05, 3.63) is 21.3 Å². The van der Waals surface area contributed by atoms with Gasteiger partial charge in [0.05, 0.1) is 17.6 Å². The van der Waals surface area contributed by atoms with Gasteiger partial charge in [-0.15, -0.1) is 11.3 Å². The second kappa shape index (κ2) is 6.15. The minimum atomic E-state index is -3.29. The maximum Gasteiger partial charge on any atom is 0.352 e. The van der Waals surface area contributed by atoms with Crippen LogP contribution in [0.1, 0.15) is 24.5 Å². The quantitative estimate of drug-likeness (QED) is 0.810. The number of hydrogen-bond acceptors (Lipinski definition) is 5. The van der Waals surface area contributed by atoms with E-state index < -0.39 is 13.4 Å². The topological polar surface area (TPSA) is 61.5 Å². The van der Waals surface area contributed by atoms with Crippen LogP contribution in [-0.4, -0.2) is 13.2 Å². The van der Waals surface area contributed by atoms with Crippen LogP contribution in [0.25, 0.3) is 0 Å². The van der Waals surface area contributed by atoms with Gasteiger partial charge < -0.3 is 14.8 Å². The minimum absolute atomic E-state index is 0.296. The highest BCUT2D eigenvalue weighted by Gasteiger charge is 2.34. The van der Waals surface area contributed by atoms with Gasteiger partial charge in [-0.25, -0.2) is 0 Å². The first-order chi connectivity index (χ1) is 7.53. The van der Waals surface area contributed by atoms with Crippen molar-refractivity contribution in [2.75, 3.05) is 13.2 Å². The Morgan fingerprint density at radius 3 is 2.38 bits per heavy atom. The first-order valence-electron chi connectivity index (χ1n) is 4.93. The van der Waals surface area contributed by atoms with E-state index in [1.165, 1.54) is 11.3 Å². The van der Waals surface area contributed by atoms with Crippen LogP contribution in [0.4, 0.5) is 0 Å². The van der Waals surface area contributed by atoms with Crippen LogP contribution in [0.3, 0.4) is 0 Å². The second-order valence-corrected chi connectivity index (χ2v) is 6.86. The zero-order chi connectivity index (χ0) is 12.2. The van der Waals surface area contributed by atoms with E-state index in [2.05, 4.69) is 0 Å². The van der Waals surface area contributed by atoms with Crippen molar-refractivity contribution in [1.82, 2.24) is 0 Å². The molecule has 1 aromatic heterocycles. The van der Waals surface area contributed by atoms with Crippen molar-refractivity contribution in [2.24, 2.45) is 5.73 Å². The van der Waals surface area contributed by atoms with Crippen molar-refractivity contribution >= 4 is 30.5 Å². The van der Waals surface area contributed by atoms with E-state index in [1.807, 2.05) is 0 Å². The highest BCUT2D eigenvalue weighted by Crippen LogP contribution is 2.59. The minimum Gasteiger partial charge on any atom is -0.313 e. The van der Waals surface area contributed by atoms with Crippen LogP contribution < -0.4 is 5.73 Å². The van der Waals surface area contributed by atoms with E-state index >= 15 is 0 Å². The Labute approximate surface area is 104 Å². The molecule has 0 aliphatic carbocycles. The molecule has 92 valence electrons. The highest BCUT2D eigenvalue weighted by molar-refractivity contribution is 7.54. The van der Waals surface area contributed by atoms with Crippen LogP contribution in [0, 0.1) is 0 Å². The normalized spacial score (nSPS) is 14.0. The van der Waals surface area contributed by atoms with Crippen LogP contribution in [0.5, 0.6) is 0 Å². The SMILES string of the molecule is CCOP(=O)(OCC)[C@@H](N)c1ccc(Cl)s1. The molecule has 1 rings (SSSR count). The Morgan fingerprint density at radius 2 is 2.00 bits per heavy atom. The number of hydrogen-bond donors (Lipinski definition) is 1. The van der Waals surface area contributed by atoms with Gasteiger partial charge in [-0.05, 0) is 26.0 Å². The number of rotatable bonds is 6. The van der Waals surface area contributed by atoms with E-state index in [0.717, 1.165) is 0 Å². The molecule has 1 heterocycles. The molecule has 4 nitrogen and oxygen atoms in total. The number of nitrogens with two attached hydrogens (primary N) is 1. The monoisotopic (exact) mass is 283 g/mol. The molecule has 0 aromatic carbocycles. The summed E-state index contributed by atoms with van der Waals surface area (Å²) in [7, 11) is -3.29. The molecule has 0 saturated carbocycles. The van der Waals surface area contributed by atoms with Crippen molar-refractivity contribution in [2.45, 2.75) is 19.6 Å². The second-order valence-electron chi connectivity index (χ2n) is 2.96. The molecule has 7 heteroatoms. The van der Waals surface area contributed by atoms with Crippen molar-refractivity contribution in [3.63, 3.8) is 0 Å².